The van der Waals surface area contributed by atoms with Crippen LogP contribution in [0.25, 0.3) is 0 Å². The van der Waals surface area contributed by atoms with Crippen molar-refractivity contribution in [2.45, 2.75) is 42.8 Å². The Morgan fingerprint density at radius 1 is 1.23 bits per heavy atom. The second-order valence-electron chi connectivity index (χ2n) is 6.85. The van der Waals surface area contributed by atoms with E-state index in [1.165, 1.54) is 34.4 Å². The topological polar surface area (TPSA) is 33.3 Å². The zero-order chi connectivity index (χ0) is 17.1. The number of ether oxygens (including phenoxy) is 1. The van der Waals surface area contributed by atoms with Crippen molar-refractivity contribution in [1.82, 2.24) is 10.6 Å². The molecule has 2 heterocycles. The Bertz CT molecular complexity index is 725. The van der Waals surface area contributed by atoms with Crippen molar-refractivity contribution in [3.8, 4) is 5.75 Å². The van der Waals surface area contributed by atoms with Crippen LogP contribution < -0.4 is 15.4 Å². The normalized spacial score (nSPS) is 21.6. The van der Waals surface area contributed by atoms with E-state index in [2.05, 4.69) is 59.4 Å². The summed E-state index contributed by atoms with van der Waals surface area (Å²) in [6.07, 6.45) is 5.61. The van der Waals surface area contributed by atoms with Gasteiger partial charge < -0.3 is 15.4 Å². The number of hydrogen-bond acceptors (Lipinski definition) is 4. The quantitative estimate of drug-likeness (QED) is 0.743. The molecule has 2 aliphatic rings. The first-order chi connectivity index (χ1) is 12.3. The third-order valence-electron chi connectivity index (χ3n) is 5.24. The molecule has 5 heteroatoms. The summed E-state index contributed by atoms with van der Waals surface area (Å²) in [4.78, 5) is 1.34. The number of benzene rings is 2. The van der Waals surface area contributed by atoms with E-state index in [1.54, 1.807) is 0 Å². The lowest BCUT2D eigenvalue weighted by atomic mass is 9.92. The highest BCUT2D eigenvalue weighted by Crippen LogP contribution is 2.34. The van der Waals surface area contributed by atoms with Crippen molar-refractivity contribution in [1.29, 1.82) is 0 Å². The second-order valence-corrected chi connectivity index (χ2v) is 7.72. The van der Waals surface area contributed by atoms with Crippen LogP contribution in [0.4, 0.5) is 0 Å². The first-order valence-electron chi connectivity index (χ1n) is 9.19. The Morgan fingerprint density at radius 2 is 2.08 bits per heavy atom. The Morgan fingerprint density at radius 3 is 2.88 bits per heavy atom. The molecule has 0 radical (unpaired) electrons. The van der Waals surface area contributed by atoms with Crippen LogP contribution in [0.15, 0.2) is 47.4 Å². The molecule has 0 amide bonds. The summed E-state index contributed by atoms with van der Waals surface area (Å²) in [6, 6.07) is 16.2. The Hall–Kier alpha value is -1.20. The summed E-state index contributed by atoms with van der Waals surface area (Å²) in [5.74, 6) is 1.12. The lowest BCUT2D eigenvalue weighted by Crippen LogP contribution is -2.45. The van der Waals surface area contributed by atoms with Gasteiger partial charge in [-0.3, -0.25) is 0 Å². The molecule has 0 saturated carbocycles. The van der Waals surface area contributed by atoms with Crippen molar-refractivity contribution < 1.29 is 4.74 Å². The molecular formula is C21H27ClN2OS. The molecule has 3 nitrogen and oxygen atoms in total. The number of fused-ring (bicyclic) bond motifs is 1. The molecular weight excluding hydrogens is 364 g/mol. The van der Waals surface area contributed by atoms with Crippen molar-refractivity contribution in [2.75, 3.05) is 19.4 Å². The lowest BCUT2D eigenvalue weighted by molar-refractivity contribution is 0.301. The Labute approximate surface area is 166 Å². The fourth-order valence-electron chi connectivity index (χ4n) is 3.97. The van der Waals surface area contributed by atoms with Crippen LogP contribution in [-0.2, 0) is 13.0 Å². The van der Waals surface area contributed by atoms with Crippen LogP contribution in [0.3, 0.4) is 0 Å². The van der Waals surface area contributed by atoms with Gasteiger partial charge in [-0.15, -0.1) is 24.2 Å². The minimum atomic E-state index is 0. The summed E-state index contributed by atoms with van der Waals surface area (Å²) in [5, 5.41) is 7.51. The molecule has 2 aromatic carbocycles. The number of halogens is 1. The van der Waals surface area contributed by atoms with E-state index in [0.717, 1.165) is 31.9 Å². The molecule has 26 heavy (non-hydrogen) atoms. The molecule has 1 saturated heterocycles. The lowest BCUT2D eigenvalue weighted by Gasteiger charge is -2.34. The van der Waals surface area contributed by atoms with Gasteiger partial charge in [0.05, 0.1) is 6.61 Å². The van der Waals surface area contributed by atoms with Gasteiger partial charge in [-0.25, -0.2) is 0 Å². The van der Waals surface area contributed by atoms with Crippen LogP contribution in [0, 0.1) is 0 Å². The van der Waals surface area contributed by atoms with Crippen molar-refractivity contribution in [3.63, 3.8) is 0 Å². The summed E-state index contributed by atoms with van der Waals surface area (Å²) in [6.45, 7) is 2.78. The highest BCUT2D eigenvalue weighted by atomic mass is 35.5. The Kier molecular flexibility index (Phi) is 6.87. The number of piperidine rings is 1. The van der Waals surface area contributed by atoms with Gasteiger partial charge in [-0.05, 0) is 48.9 Å². The van der Waals surface area contributed by atoms with Crippen LogP contribution in [0.5, 0.6) is 5.75 Å². The zero-order valence-corrected chi connectivity index (χ0v) is 16.8. The number of nitrogens with one attached hydrogen (secondary N) is 2. The number of rotatable bonds is 5. The smallest absolute Gasteiger partial charge is 0.127 e. The molecule has 4 rings (SSSR count). The van der Waals surface area contributed by atoms with E-state index in [4.69, 9.17) is 4.74 Å². The second kappa shape index (κ2) is 9.14. The molecule has 2 atom stereocenters. The van der Waals surface area contributed by atoms with Gasteiger partial charge in [0.2, 0.25) is 0 Å². The average molecular weight is 391 g/mol. The summed E-state index contributed by atoms with van der Waals surface area (Å²) in [7, 11) is 0. The predicted octanol–water partition coefficient (Wildman–Crippen LogP) is 4.35. The van der Waals surface area contributed by atoms with Crippen molar-refractivity contribution in [2.24, 2.45) is 0 Å². The van der Waals surface area contributed by atoms with E-state index >= 15 is 0 Å². The number of thioether (sulfide) groups is 1. The SMILES string of the molecule is CSc1cc2c(c(CN[C@H]3CCCN[C@H]3c3ccccc3)c1)OCC2.Cl. The van der Waals surface area contributed by atoms with Crippen LogP contribution >= 0.6 is 24.2 Å². The average Bonchev–Trinajstić information content (AvgIpc) is 3.15. The predicted molar refractivity (Wildman–Crippen MR) is 112 cm³/mol. The molecule has 0 unspecified atom stereocenters. The third-order valence-corrected chi connectivity index (χ3v) is 5.95. The van der Waals surface area contributed by atoms with Crippen molar-refractivity contribution >= 4 is 24.2 Å². The minimum Gasteiger partial charge on any atom is -0.493 e. The molecule has 140 valence electrons. The largest absolute Gasteiger partial charge is 0.493 e. The van der Waals surface area contributed by atoms with Gasteiger partial charge in [0, 0.05) is 35.5 Å². The highest BCUT2D eigenvalue weighted by molar-refractivity contribution is 7.98. The maximum Gasteiger partial charge on any atom is 0.127 e. The fourth-order valence-corrected chi connectivity index (χ4v) is 4.49. The van der Waals surface area contributed by atoms with Gasteiger partial charge >= 0.3 is 0 Å². The van der Waals surface area contributed by atoms with E-state index in [-0.39, 0.29) is 12.4 Å². The molecule has 0 bridgehead atoms. The molecule has 0 spiro atoms. The van der Waals surface area contributed by atoms with Crippen molar-refractivity contribution in [3.05, 3.63) is 59.2 Å². The maximum absolute atomic E-state index is 5.92. The van der Waals surface area contributed by atoms with Crippen LogP contribution in [0.2, 0.25) is 0 Å². The van der Waals surface area contributed by atoms with Gasteiger partial charge in [0.15, 0.2) is 0 Å². The first-order valence-corrected chi connectivity index (χ1v) is 10.4. The summed E-state index contributed by atoms with van der Waals surface area (Å²) in [5.41, 5.74) is 4.04. The highest BCUT2D eigenvalue weighted by Gasteiger charge is 2.26. The molecule has 1 fully saturated rings. The maximum atomic E-state index is 5.92. The van der Waals surface area contributed by atoms with E-state index in [0.29, 0.717) is 12.1 Å². The third kappa shape index (κ3) is 4.20. The van der Waals surface area contributed by atoms with Gasteiger partial charge in [0.25, 0.3) is 0 Å². The standard InChI is InChI=1S/C21H26N2OS.ClH/c1-25-18-12-16-9-11-24-21(16)17(13-18)14-23-19-8-5-10-22-20(19)15-6-3-2-4-7-15;/h2-4,6-7,12-13,19-20,22-23H,5,8-11,14H2,1H3;1H/t19-,20-;/m0./s1. The van der Waals surface area contributed by atoms with Crippen LogP contribution in [-0.4, -0.2) is 25.4 Å². The minimum absolute atomic E-state index is 0. The number of hydrogen-bond donors (Lipinski definition) is 2. The molecule has 0 aliphatic carbocycles. The molecule has 2 aliphatic heterocycles. The first kappa shape index (κ1) is 19.6. The zero-order valence-electron chi connectivity index (χ0n) is 15.2. The molecule has 2 aromatic rings. The van der Waals surface area contributed by atoms with Gasteiger partial charge in [-0.1, -0.05) is 30.3 Å². The Balaban J connectivity index is 0.00000196. The van der Waals surface area contributed by atoms with E-state index in [9.17, 15) is 0 Å². The van der Waals surface area contributed by atoms with Gasteiger partial charge in [0.1, 0.15) is 5.75 Å². The van der Waals surface area contributed by atoms with Crippen LogP contribution in [0.1, 0.15) is 35.6 Å². The van der Waals surface area contributed by atoms with E-state index < -0.39 is 0 Å². The summed E-state index contributed by atoms with van der Waals surface area (Å²) >= 11 is 1.81. The van der Waals surface area contributed by atoms with E-state index in [1.807, 2.05) is 11.8 Å². The van der Waals surface area contributed by atoms with Gasteiger partial charge in [-0.2, -0.15) is 0 Å². The molecule has 0 aromatic heterocycles. The summed E-state index contributed by atoms with van der Waals surface area (Å²) < 4.78 is 5.92. The monoisotopic (exact) mass is 390 g/mol. The fraction of sp³-hybridized carbons (Fsp3) is 0.429. The molecule has 2 N–H and O–H groups in total.